The van der Waals surface area contributed by atoms with E-state index in [0.29, 0.717) is 17.9 Å². The Labute approximate surface area is 189 Å². The smallest absolute Gasteiger partial charge is 0.233 e. The fourth-order valence-electron chi connectivity index (χ4n) is 4.37. The van der Waals surface area contributed by atoms with Crippen molar-refractivity contribution in [3.63, 3.8) is 0 Å². The summed E-state index contributed by atoms with van der Waals surface area (Å²) in [6, 6.07) is 0. The van der Waals surface area contributed by atoms with E-state index in [2.05, 4.69) is 45.9 Å². The third-order valence-corrected chi connectivity index (χ3v) is 6.35. The fraction of sp³-hybridized carbons (Fsp3) is 0.692. The summed E-state index contributed by atoms with van der Waals surface area (Å²) in [5.74, 6) is -0.574. The van der Waals surface area contributed by atoms with Crippen molar-refractivity contribution in [3.8, 4) is 0 Å². The van der Waals surface area contributed by atoms with Crippen LogP contribution in [0, 0.1) is 11.8 Å². The Morgan fingerprint density at radius 1 is 0.871 bits per heavy atom. The van der Waals surface area contributed by atoms with Gasteiger partial charge in [-0.05, 0) is 59.8 Å². The van der Waals surface area contributed by atoms with E-state index in [1.54, 1.807) is 21.3 Å². The molecule has 1 aliphatic rings. The molecule has 0 aromatic carbocycles. The summed E-state index contributed by atoms with van der Waals surface area (Å²) >= 11 is 0. The zero-order valence-electron chi connectivity index (χ0n) is 21.1. The van der Waals surface area contributed by atoms with Gasteiger partial charge in [-0.1, -0.05) is 41.9 Å². The first-order valence-electron chi connectivity index (χ1n) is 11.2. The van der Waals surface area contributed by atoms with E-state index in [1.165, 1.54) is 23.8 Å². The Hall–Kier alpha value is -1.56. The second-order valence-corrected chi connectivity index (χ2v) is 8.77. The van der Waals surface area contributed by atoms with E-state index in [1.807, 2.05) is 6.92 Å². The highest BCUT2D eigenvalue weighted by atomic mass is 16.7. The van der Waals surface area contributed by atoms with Crippen LogP contribution in [0.5, 0.6) is 0 Å². The molecule has 0 aliphatic heterocycles. The molecule has 1 aliphatic carbocycles. The normalized spacial score (nSPS) is 24.3. The van der Waals surface area contributed by atoms with Gasteiger partial charge < -0.3 is 24.1 Å². The summed E-state index contributed by atoms with van der Waals surface area (Å²) in [6.07, 6.45) is 11.0. The van der Waals surface area contributed by atoms with Crippen LogP contribution in [0.25, 0.3) is 0 Å². The Balaban J connectivity index is 2.86. The molecule has 0 fully saturated rings. The van der Waals surface area contributed by atoms with Gasteiger partial charge in [0.05, 0.1) is 14.2 Å². The summed E-state index contributed by atoms with van der Waals surface area (Å²) in [5.41, 5.74) is 4.13. The van der Waals surface area contributed by atoms with E-state index in [-0.39, 0.29) is 11.8 Å². The number of allylic oxidation sites excluding steroid dienone is 6. The highest BCUT2D eigenvalue weighted by Crippen LogP contribution is 2.46. The Bertz CT molecular complexity index is 678. The lowest BCUT2D eigenvalue weighted by Gasteiger charge is -2.46. The number of hydrogen-bond acceptors (Lipinski definition) is 5. The lowest BCUT2D eigenvalue weighted by molar-refractivity contribution is -0.256. The zero-order valence-corrected chi connectivity index (χ0v) is 21.1. The van der Waals surface area contributed by atoms with Gasteiger partial charge in [-0.15, -0.1) is 0 Å². The van der Waals surface area contributed by atoms with Crippen molar-refractivity contribution >= 4 is 0 Å². The lowest BCUT2D eigenvalue weighted by Crippen LogP contribution is -2.54. The number of methoxy groups -OCH3 is 4. The van der Waals surface area contributed by atoms with Gasteiger partial charge in [-0.3, -0.25) is 0 Å². The molecular weight excluding hydrogens is 392 g/mol. The van der Waals surface area contributed by atoms with Gasteiger partial charge in [-0.25, -0.2) is 0 Å². The van der Waals surface area contributed by atoms with Crippen molar-refractivity contribution in [2.75, 3.05) is 28.4 Å². The molecule has 0 heterocycles. The molecule has 178 valence electrons. The molecule has 3 atom stereocenters. The third kappa shape index (κ3) is 6.96. The van der Waals surface area contributed by atoms with Crippen LogP contribution >= 0.6 is 0 Å². The molecule has 5 heteroatoms. The van der Waals surface area contributed by atoms with Gasteiger partial charge in [0.25, 0.3) is 0 Å². The Kier molecular flexibility index (Phi) is 11.6. The minimum atomic E-state index is -1.09. The van der Waals surface area contributed by atoms with Gasteiger partial charge >= 0.3 is 0 Å². The zero-order chi connectivity index (χ0) is 23.6. The predicted octanol–water partition coefficient (Wildman–Crippen LogP) is 5.92. The average Bonchev–Trinajstić information content (AvgIpc) is 2.73. The summed E-state index contributed by atoms with van der Waals surface area (Å²) in [6.45, 7) is 10.7. The largest absolute Gasteiger partial charge is 0.495 e. The molecule has 0 spiro atoms. The molecular formula is C26H44O5. The van der Waals surface area contributed by atoms with Crippen molar-refractivity contribution in [2.45, 2.75) is 78.6 Å². The van der Waals surface area contributed by atoms with Crippen molar-refractivity contribution in [1.82, 2.24) is 0 Å². The van der Waals surface area contributed by atoms with Crippen LogP contribution in [0.1, 0.15) is 66.7 Å². The lowest BCUT2D eigenvalue weighted by atomic mass is 9.74. The van der Waals surface area contributed by atoms with Gasteiger partial charge in [-0.2, -0.15) is 0 Å². The highest BCUT2D eigenvalue weighted by Gasteiger charge is 2.54. The summed E-state index contributed by atoms with van der Waals surface area (Å²) in [5, 5.41) is 11.0. The van der Waals surface area contributed by atoms with Crippen LogP contribution in [0.4, 0.5) is 0 Å². The van der Waals surface area contributed by atoms with Crippen LogP contribution in [0.3, 0.4) is 0 Å². The highest BCUT2D eigenvalue weighted by molar-refractivity contribution is 5.24. The van der Waals surface area contributed by atoms with E-state index >= 15 is 0 Å². The monoisotopic (exact) mass is 436 g/mol. The molecule has 31 heavy (non-hydrogen) atoms. The molecule has 1 rings (SSSR count). The second-order valence-electron chi connectivity index (χ2n) is 8.77. The molecule has 3 unspecified atom stereocenters. The van der Waals surface area contributed by atoms with Crippen molar-refractivity contribution in [3.05, 3.63) is 46.5 Å². The van der Waals surface area contributed by atoms with Gasteiger partial charge in [0.15, 0.2) is 11.5 Å². The number of ether oxygens (including phenoxy) is 4. The molecule has 0 radical (unpaired) electrons. The summed E-state index contributed by atoms with van der Waals surface area (Å²) in [7, 11) is 6.26. The van der Waals surface area contributed by atoms with E-state index in [0.717, 1.165) is 25.7 Å². The Morgan fingerprint density at radius 3 is 1.90 bits per heavy atom. The minimum Gasteiger partial charge on any atom is -0.495 e. The van der Waals surface area contributed by atoms with Crippen LogP contribution < -0.4 is 0 Å². The molecule has 0 aromatic heterocycles. The van der Waals surface area contributed by atoms with Crippen molar-refractivity contribution < 1.29 is 24.1 Å². The molecule has 5 nitrogen and oxygen atoms in total. The molecule has 0 saturated carbocycles. The van der Waals surface area contributed by atoms with E-state index in [4.69, 9.17) is 18.9 Å². The Morgan fingerprint density at radius 2 is 1.42 bits per heavy atom. The van der Waals surface area contributed by atoms with Crippen LogP contribution in [0.2, 0.25) is 0 Å². The van der Waals surface area contributed by atoms with Gasteiger partial charge in [0.2, 0.25) is 5.79 Å². The average molecular weight is 437 g/mol. The second kappa shape index (κ2) is 13.1. The maximum atomic E-state index is 11.0. The molecule has 0 bridgehead atoms. The molecule has 0 amide bonds. The third-order valence-electron chi connectivity index (χ3n) is 6.35. The van der Waals surface area contributed by atoms with Gasteiger partial charge in [0, 0.05) is 26.1 Å². The first-order chi connectivity index (χ1) is 14.7. The fourth-order valence-corrected chi connectivity index (χ4v) is 4.37. The number of rotatable bonds is 12. The number of aliphatic hydroxyl groups excluding tert-OH is 1. The standard InChI is InChI=1S/C26H44O5/c1-18(2)12-10-13-19(3)14-11-15-20(4)16-17-22-21(5)26(30-8,31-9)25(29-7)24(28-6)23(22)27/h12,14,16,21-23,27H,10-11,13,15,17H2,1-9H3/b19-14+,20-16+. The summed E-state index contributed by atoms with van der Waals surface area (Å²) in [4.78, 5) is 0. The van der Waals surface area contributed by atoms with Crippen molar-refractivity contribution in [1.29, 1.82) is 0 Å². The molecule has 0 saturated heterocycles. The quantitative estimate of drug-likeness (QED) is 0.304. The SMILES string of the molecule is COC1=C(OC)C(OC)(OC)C(C)C(C/C=C(\C)CC/C=C(\C)CCC=C(C)C)C1O. The van der Waals surface area contributed by atoms with Crippen LogP contribution in [-0.4, -0.2) is 45.4 Å². The predicted molar refractivity (Wildman–Crippen MR) is 126 cm³/mol. The number of aliphatic hydroxyl groups is 1. The maximum Gasteiger partial charge on any atom is 0.233 e. The minimum absolute atomic E-state index is 0.120. The van der Waals surface area contributed by atoms with Gasteiger partial charge in [0.1, 0.15) is 6.10 Å². The van der Waals surface area contributed by atoms with E-state index < -0.39 is 11.9 Å². The first kappa shape index (κ1) is 27.5. The maximum absolute atomic E-state index is 11.0. The number of hydrogen-bond donors (Lipinski definition) is 1. The van der Waals surface area contributed by atoms with E-state index in [9.17, 15) is 5.11 Å². The topological polar surface area (TPSA) is 57.2 Å². The molecule has 1 N–H and O–H groups in total. The summed E-state index contributed by atoms with van der Waals surface area (Å²) < 4.78 is 22.6. The van der Waals surface area contributed by atoms with Crippen LogP contribution in [0.15, 0.2) is 46.5 Å². The molecule has 0 aromatic rings. The first-order valence-corrected chi connectivity index (χ1v) is 11.2. The van der Waals surface area contributed by atoms with Crippen molar-refractivity contribution in [2.24, 2.45) is 11.8 Å². The van der Waals surface area contributed by atoms with Crippen LogP contribution in [-0.2, 0) is 18.9 Å².